The average Bonchev–Trinajstić information content (AvgIpc) is 2.74. The predicted octanol–water partition coefficient (Wildman–Crippen LogP) is 3.86. The van der Waals surface area contributed by atoms with E-state index in [0.717, 1.165) is 43.4 Å². The fourth-order valence-corrected chi connectivity index (χ4v) is 3.43. The summed E-state index contributed by atoms with van der Waals surface area (Å²) in [6.45, 7) is 5.96. The van der Waals surface area contributed by atoms with Gasteiger partial charge in [0.1, 0.15) is 11.6 Å². The summed E-state index contributed by atoms with van der Waals surface area (Å²) in [4.78, 5) is 13.8. The lowest BCUT2D eigenvalue weighted by Gasteiger charge is -2.36. The second-order valence-electron chi connectivity index (χ2n) is 6.91. The minimum atomic E-state index is 0.590. The number of nitrogens with one attached hydrogen (secondary N) is 1. The minimum absolute atomic E-state index is 0.590. The van der Waals surface area contributed by atoms with Crippen LogP contribution in [0.25, 0.3) is 0 Å². The zero-order valence-electron chi connectivity index (χ0n) is 16.3. The van der Waals surface area contributed by atoms with E-state index in [1.807, 2.05) is 30.3 Å². The van der Waals surface area contributed by atoms with E-state index < -0.39 is 0 Å². The number of anilines is 4. The first-order valence-electron chi connectivity index (χ1n) is 9.52. The van der Waals surface area contributed by atoms with Crippen LogP contribution in [0.5, 0.6) is 5.75 Å². The summed E-state index contributed by atoms with van der Waals surface area (Å²) in [5, 5.41) is 3.26. The fraction of sp³-hybridized carbons (Fsp3) is 0.273. The Kier molecular flexibility index (Phi) is 5.28. The highest BCUT2D eigenvalue weighted by Gasteiger charge is 2.19. The normalized spacial score (nSPS) is 14.1. The number of nitrogens with zero attached hydrogens (tertiary/aromatic N) is 4. The van der Waals surface area contributed by atoms with E-state index in [0.29, 0.717) is 5.95 Å². The topological polar surface area (TPSA) is 53.5 Å². The third-order valence-corrected chi connectivity index (χ3v) is 4.94. The van der Waals surface area contributed by atoms with Crippen molar-refractivity contribution in [1.29, 1.82) is 0 Å². The molecule has 2 aromatic carbocycles. The standard InChI is InChI=1S/C22H25N5O/c1-17-5-3-7-19(15-17)26-11-13-27(14-12-26)21-9-10-23-22(25-21)24-18-6-4-8-20(16-18)28-2/h3-10,15-16H,11-14H2,1-2H3,(H,23,24,25). The maximum Gasteiger partial charge on any atom is 0.229 e. The van der Waals surface area contributed by atoms with Crippen molar-refractivity contribution in [3.05, 3.63) is 66.4 Å². The Morgan fingerprint density at radius 1 is 0.929 bits per heavy atom. The third-order valence-electron chi connectivity index (χ3n) is 4.94. The molecule has 6 heteroatoms. The Labute approximate surface area is 165 Å². The molecule has 2 heterocycles. The molecule has 4 rings (SSSR count). The second-order valence-corrected chi connectivity index (χ2v) is 6.91. The smallest absolute Gasteiger partial charge is 0.229 e. The summed E-state index contributed by atoms with van der Waals surface area (Å²) < 4.78 is 5.27. The second kappa shape index (κ2) is 8.17. The van der Waals surface area contributed by atoms with Gasteiger partial charge in [-0.3, -0.25) is 0 Å². The van der Waals surface area contributed by atoms with E-state index in [1.165, 1.54) is 11.3 Å². The number of aryl methyl sites for hydroxylation is 1. The molecule has 0 atom stereocenters. The van der Waals surface area contributed by atoms with Gasteiger partial charge in [-0.1, -0.05) is 18.2 Å². The molecule has 0 radical (unpaired) electrons. The lowest BCUT2D eigenvalue weighted by atomic mass is 10.2. The number of benzene rings is 2. The van der Waals surface area contributed by atoms with E-state index in [-0.39, 0.29) is 0 Å². The minimum Gasteiger partial charge on any atom is -0.497 e. The van der Waals surface area contributed by atoms with Crippen LogP contribution in [0.3, 0.4) is 0 Å². The van der Waals surface area contributed by atoms with E-state index in [4.69, 9.17) is 9.72 Å². The molecule has 144 valence electrons. The van der Waals surface area contributed by atoms with Gasteiger partial charge >= 0.3 is 0 Å². The molecule has 1 aliphatic rings. The molecule has 0 unspecified atom stereocenters. The van der Waals surface area contributed by atoms with Gasteiger partial charge in [0.2, 0.25) is 5.95 Å². The molecule has 0 saturated carbocycles. The molecule has 1 aromatic heterocycles. The van der Waals surface area contributed by atoms with Crippen molar-refractivity contribution in [3.63, 3.8) is 0 Å². The zero-order chi connectivity index (χ0) is 19.3. The molecule has 1 aliphatic heterocycles. The highest BCUT2D eigenvalue weighted by molar-refractivity contribution is 5.57. The fourth-order valence-electron chi connectivity index (χ4n) is 3.43. The van der Waals surface area contributed by atoms with Gasteiger partial charge in [-0.25, -0.2) is 4.98 Å². The van der Waals surface area contributed by atoms with Gasteiger partial charge in [0.05, 0.1) is 7.11 Å². The molecule has 1 saturated heterocycles. The molecule has 0 bridgehead atoms. The summed E-state index contributed by atoms with van der Waals surface area (Å²) in [7, 11) is 1.66. The van der Waals surface area contributed by atoms with E-state index >= 15 is 0 Å². The summed E-state index contributed by atoms with van der Waals surface area (Å²) >= 11 is 0. The molecule has 3 aromatic rings. The van der Waals surface area contributed by atoms with Gasteiger partial charge in [0.25, 0.3) is 0 Å². The maximum atomic E-state index is 5.27. The van der Waals surface area contributed by atoms with Crippen LogP contribution in [0.15, 0.2) is 60.8 Å². The highest BCUT2D eigenvalue weighted by atomic mass is 16.5. The molecular weight excluding hydrogens is 350 g/mol. The Hall–Kier alpha value is -3.28. The van der Waals surface area contributed by atoms with Gasteiger partial charge < -0.3 is 19.9 Å². The summed E-state index contributed by atoms with van der Waals surface area (Å²) in [5.41, 5.74) is 3.49. The molecular formula is C22H25N5O. The van der Waals surface area contributed by atoms with Crippen LogP contribution in [0, 0.1) is 6.92 Å². The molecule has 0 aliphatic carbocycles. The van der Waals surface area contributed by atoms with Crippen molar-refractivity contribution in [2.24, 2.45) is 0 Å². The van der Waals surface area contributed by atoms with Crippen molar-refractivity contribution < 1.29 is 4.74 Å². The van der Waals surface area contributed by atoms with Crippen LogP contribution in [0.4, 0.5) is 23.1 Å². The van der Waals surface area contributed by atoms with E-state index in [9.17, 15) is 0 Å². The first-order valence-corrected chi connectivity index (χ1v) is 9.52. The predicted molar refractivity (Wildman–Crippen MR) is 114 cm³/mol. The maximum absolute atomic E-state index is 5.27. The van der Waals surface area contributed by atoms with Gasteiger partial charge in [-0.2, -0.15) is 4.98 Å². The Morgan fingerprint density at radius 2 is 1.71 bits per heavy atom. The lowest BCUT2D eigenvalue weighted by molar-refractivity contribution is 0.415. The summed E-state index contributed by atoms with van der Waals surface area (Å²) in [6.07, 6.45) is 1.80. The molecule has 6 nitrogen and oxygen atoms in total. The molecule has 1 fully saturated rings. The van der Waals surface area contributed by atoms with Gasteiger partial charge in [-0.05, 0) is 42.8 Å². The molecule has 0 spiro atoms. The molecule has 0 amide bonds. The van der Waals surface area contributed by atoms with Crippen LogP contribution in [0.2, 0.25) is 0 Å². The number of piperazine rings is 1. The highest BCUT2D eigenvalue weighted by Crippen LogP contribution is 2.23. The molecule has 1 N–H and O–H groups in total. The van der Waals surface area contributed by atoms with Crippen molar-refractivity contribution in [2.45, 2.75) is 6.92 Å². The molecule has 28 heavy (non-hydrogen) atoms. The van der Waals surface area contributed by atoms with Gasteiger partial charge in [0.15, 0.2) is 0 Å². The van der Waals surface area contributed by atoms with Gasteiger partial charge in [-0.15, -0.1) is 0 Å². The van der Waals surface area contributed by atoms with Crippen LogP contribution in [-0.4, -0.2) is 43.3 Å². The Morgan fingerprint density at radius 3 is 2.50 bits per heavy atom. The van der Waals surface area contributed by atoms with Crippen LogP contribution in [0.1, 0.15) is 5.56 Å². The average molecular weight is 375 g/mol. The largest absolute Gasteiger partial charge is 0.497 e. The lowest BCUT2D eigenvalue weighted by Crippen LogP contribution is -2.46. The quantitative estimate of drug-likeness (QED) is 0.731. The van der Waals surface area contributed by atoms with E-state index in [2.05, 4.69) is 51.3 Å². The van der Waals surface area contributed by atoms with Crippen molar-refractivity contribution in [1.82, 2.24) is 9.97 Å². The number of ether oxygens (including phenoxy) is 1. The number of methoxy groups -OCH3 is 1. The SMILES string of the molecule is COc1cccc(Nc2nccc(N3CCN(c4cccc(C)c4)CC3)n2)c1. The number of hydrogen-bond donors (Lipinski definition) is 1. The number of rotatable bonds is 5. The van der Waals surface area contributed by atoms with Crippen LogP contribution in [-0.2, 0) is 0 Å². The van der Waals surface area contributed by atoms with Crippen molar-refractivity contribution >= 4 is 23.1 Å². The zero-order valence-corrected chi connectivity index (χ0v) is 16.3. The Balaban J connectivity index is 1.42. The van der Waals surface area contributed by atoms with Gasteiger partial charge in [0, 0.05) is 49.8 Å². The van der Waals surface area contributed by atoms with Crippen LogP contribution >= 0.6 is 0 Å². The first-order chi connectivity index (χ1) is 13.7. The monoisotopic (exact) mass is 375 g/mol. The third kappa shape index (κ3) is 4.17. The van der Waals surface area contributed by atoms with Crippen molar-refractivity contribution in [2.75, 3.05) is 48.4 Å². The Bertz CT molecular complexity index is 937. The van der Waals surface area contributed by atoms with E-state index in [1.54, 1.807) is 13.3 Å². The number of aromatic nitrogens is 2. The summed E-state index contributed by atoms with van der Waals surface area (Å²) in [5.74, 6) is 2.34. The number of hydrogen-bond acceptors (Lipinski definition) is 6. The summed E-state index contributed by atoms with van der Waals surface area (Å²) in [6, 6.07) is 18.4. The first kappa shape index (κ1) is 18.1. The van der Waals surface area contributed by atoms with Crippen LogP contribution < -0.4 is 19.9 Å². The van der Waals surface area contributed by atoms with Crippen molar-refractivity contribution in [3.8, 4) is 5.75 Å².